The Hall–Kier alpha value is -1.02. The summed E-state index contributed by atoms with van der Waals surface area (Å²) in [4.78, 5) is 0. The van der Waals surface area contributed by atoms with Crippen LogP contribution < -0.4 is 10.1 Å². The predicted octanol–water partition coefficient (Wildman–Crippen LogP) is 3.07. The number of hydrogen-bond acceptors (Lipinski definition) is 2. The maximum atomic E-state index is 5.73. The molecule has 0 fully saturated rings. The largest absolute Gasteiger partial charge is 0.494 e. The molecule has 0 amide bonds. The average molecular weight is 221 g/mol. The second-order valence-corrected chi connectivity index (χ2v) is 4.34. The lowest BCUT2D eigenvalue weighted by Gasteiger charge is -2.08. The minimum absolute atomic E-state index is 0.826. The summed E-state index contributed by atoms with van der Waals surface area (Å²) in [7, 11) is 1.99. The molecule has 0 unspecified atom stereocenters. The molecule has 90 valence electrons. The molecular weight excluding hydrogens is 198 g/mol. The van der Waals surface area contributed by atoms with Crippen molar-refractivity contribution < 1.29 is 4.74 Å². The van der Waals surface area contributed by atoms with Gasteiger partial charge in [-0.1, -0.05) is 6.07 Å². The number of rotatable bonds is 7. The van der Waals surface area contributed by atoms with Crippen LogP contribution >= 0.6 is 0 Å². The number of aryl methyl sites for hydroxylation is 2. The molecule has 0 radical (unpaired) electrons. The Bertz CT molecular complexity index is 289. The monoisotopic (exact) mass is 221 g/mol. The molecule has 1 rings (SSSR count). The highest BCUT2D eigenvalue weighted by Crippen LogP contribution is 2.16. The summed E-state index contributed by atoms with van der Waals surface area (Å²) in [5.41, 5.74) is 2.54. The molecule has 1 N–H and O–H groups in total. The number of nitrogens with one attached hydrogen (secondary N) is 1. The van der Waals surface area contributed by atoms with Gasteiger partial charge in [-0.15, -0.1) is 0 Å². The quantitative estimate of drug-likeness (QED) is 0.714. The van der Waals surface area contributed by atoms with Gasteiger partial charge in [-0.25, -0.2) is 0 Å². The van der Waals surface area contributed by atoms with E-state index >= 15 is 0 Å². The maximum Gasteiger partial charge on any atom is 0.119 e. The van der Waals surface area contributed by atoms with Crippen LogP contribution in [0.4, 0.5) is 0 Å². The van der Waals surface area contributed by atoms with Crippen molar-refractivity contribution in [3.63, 3.8) is 0 Å². The molecule has 2 heteroatoms. The van der Waals surface area contributed by atoms with Crippen molar-refractivity contribution >= 4 is 0 Å². The van der Waals surface area contributed by atoms with Crippen LogP contribution in [0.2, 0.25) is 0 Å². The molecule has 16 heavy (non-hydrogen) atoms. The summed E-state index contributed by atoms with van der Waals surface area (Å²) in [6.07, 6.45) is 3.59. The first-order valence-electron chi connectivity index (χ1n) is 6.08. The van der Waals surface area contributed by atoms with Crippen molar-refractivity contribution in [3.8, 4) is 5.75 Å². The van der Waals surface area contributed by atoms with Gasteiger partial charge in [-0.05, 0) is 70.0 Å². The maximum absolute atomic E-state index is 5.73. The van der Waals surface area contributed by atoms with Gasteiger partial charge in [0.15, 0.2) is 0 Å². The zero-order valence-electron chi connectivity index (χ0n) is 10.7. The molecule has 0 spiro atoms. The van der Waals surface area contributed by atoms with Gasteiger partial charge < -0.3 is 10.1 Å². The summed E-state index contributed by atoms with van der Waals surface area (Å²) >= 11 is 0. The van der Waals surface area contributed by atoms with Crippen LogP contribution in [-0.2, 0) is 0 Å². The molecule has 1 aromatic rings. The summed E-state index contributed by atoms with van der Waals surface area (Å²) in [6, 6.07) is 6.36. The lowest BCUT2D eigenvalue weighted by molar-refractivity contribution is 0.305. The Morgan fingerprint density at radius 2 is 1.69 bits per heavy atom. The lowest BCUT2D eigenvalue weighted by Crippen LogP contribution is -2.07. The zero-order chi connectivity index (χ0) is 11.8. The van der Waals surface area contributed by atoms with Gasteiger partial charge in [0.2, 0.25) is 0 Å². The topological polar surface area (TPSA) is 21.3 Å². The third-order valence-corrected chi connectivity index (χ3v) is 2.54. The van der Waals surface area contributed by atoms with Crippen LogP contribution in [0.3, 0.4) is 0 Å². The molecule has 0 saturated heterocycles. The molecule has 0 aromatic heterocycles. The lowest BCUT2D eigenvalue weighted by atomic mass is 10.1. The highest BCUT2D eigenvalue weighted by molar-refractivity contribution is 5.32. The van der Waals surface area contributed by atoms with Crippen molar-refractivity contribution in [2.75, 3.05) is 20.2 Å². The van der Waals surface area contributed by atoms with E-state index in [0.717, 1.165) is 25.3 Å². The molecular formula is C14H23NO. The molecule has 1 aromatic carbocycles. The number of benzene rings is 1. The fraction of sp³-hybridized carbons (Fsp3) is 0.571. The summed E-state index contributed by atoms with van der Waals surface area (Å²) < 4.78 is 5.73. The first-order chi connectivity index (χ1) is 7.72. The Balaban J connectivity index is 2.21. The molecule has 0 aliphatic heterocycles. The molecule has 2 nitrogen and oxygen atoms in total. The highest BCUT2D eigenvalue weighted by atomic mass is 16.5. The van der Waals surface area contributed by atoms with E-state index in [2.05, 4.69) is 37.4 Å². The van der Waals surface area contributed by atoms with Crippen LogP contribution in [0.25, 0.3) is 0 Å². The van der Waals surface area contributed by atoms with Gasteiger partial charge in [-0.3, -0.25) is 0 Å². The minimum atomic E-state index is 0.826. The van der Waals surface area contributed by atoms with Crippen LogP contribution in [0.1, 0.15) is 30.4 Å². The Kier molecular flexibility index (Phi) is 5.94. The summed E-state index contributed by atoms with van der Waals surface area (Å²) in [6.45, 7) is 6.13. The predicted molar refractivity (Wildman–Crippen MR) is 69.2 cm³/mol. The standard InChI is InChI=1S/C14H23NO/c1-12-9-13(2)11-14(10-12)16-8-6-4-5-7-15-3/h9-11,15H,4-8H2,1-3H3. The van der Waals surface area contributed by atoms with E-state index in [1.54, 1.807) is 0 Å². The Labute approximate surface area is 99.0 Å². The minimum Gasteiger partial charge on any atom is -0.494 e. The number of unbranched alkanes of at least 4 members (excludes halogenated alkanes) is 2. The van der Waals surface area contributed by atoms with Gasteiger partial charge in [0.05, 0.1) is 6.61 Å². The third-order valence-electron chi connectivity index (χ3n) is 2.54. The summed E-state index contributed by atoms with van der Waals surface area (Å²) in [5, 5.41) is 3.15. The van der Waals surface area contributed by atoms with E-state index in [1.165, 1.54) is 24.0 Å². The van der Waals surface area contributed by atoms with Crippen LogP contribution in [0, 0.1) is 13.8 Å². The van der Waals surface area contributed by atoms with Gasteiger partial charge in [0.1, 0.15) is 5.75 Å². The van der Waals surface area contributed by atoms with Gasteiger partial charge in [-0.2, -0.15) is 0 Å². The van der Waals surface area contributed by atoms with Crippen molar-refractivity contribution in [2.24, 2.45) is 0 Å². The van der Waals surface area contributed by atoms with E-state index in [4.69, 9.17) is 4.74 Å². The first-order valence-corrected chi connectivity index (χ1v) is 6.08. The van der Waals surface area contributed by atoms with E-state index in [9.17, 15) is 0 Å². The second kappa shape index (κ2) is 7.29. The van der Waals surface area contributed by atoms with E-state index in [1.807, 2.05) is 7.05 Å². The Morgan fingerprint density at radius 1 is 1.00 bits per heavy atom. The van der Waals surface area contributed by atoms with E-state index < -0.39 is 0 Å². The smallest absolute Gasteiger partial charge is 0.119 e. The van der Waals surface area contributed by atoms with Crippen molar-refractivity contribution in [1.29, 1.82) is 0 Å². The fourth-order valence-electron chi connectivity index (χ4n) is 1.79. The van der Waals surface area contributed by atoms with Crippen LogP contribution in [0.5, 0.6) is 5.75 Å². The van der Waals surface area contributed by atoms with E-state index in [0.29, 0.717) is 0 Å². The zero-order valence-corrected chi connectivity index (χ0v) is 10.7. The highest BCUT2D eigenvalue weighted by Gasteiger charge is 1.96. The van der Waals surface area contributed by atoms with Crippen molar-refractivity contribution in [1.82, 2.24) is 5.32 Å². The first kappa shape index (κ1) is 13.0. The van der Waals surface area contributed by atoms with Crippen LogP contribution in [0.15, 0.2) is 18.2 Å². The molecule has 0 aliphatic carbocycles. The molecule has 0 saturated carbocycles. The molecule has 0 bridgehead atoms. The SMILES string of the molecule is CNCCCCCOc1cc(C)cc(C)c1. The molecule has 0 aliphatic rings. The second-order valence-electron chi connectivity index (χ2n) is 4.34. The van der Waals surface area contributed by atoms with Gasteiger partial charge in [0, 0.05) is 0 Å². The van der Waals surface area contributed by atoms with Gasteiger partial charge >= 0.3 is 0 Å². The normalized spacial score (nSPS) is 10.4. The molecule has 0 atom stereocenters. The van der Waals surface area contributed by atoms with Crippen molar-refractivity contribution in [3.05, 3.63) is 29.3 Å². The van der Waals surface area contributed by atoms with E-state index in [-0.39, 0.29) is 0 Å². The number of ether oxygens (including phenoxy) is 1. The number of hydrogen-bond donors (Lipinski definition) is 1. The third kappa shape index (κ3) is 5.17. The van der Waals surface area contributed by atoms with Crippen molar-refractivity contribution in [2.45, 2.75) is 33.1 Å². The average Bonchev–Trinajstić information content (AvgIpc) is 2.22. The fourth-order valence-corrected chi connectivity index (χ4v) is 1.79. The van der Waals surface area contributed by atoms with Gasteiger partial charge in [0.25, 0.3) is 0 Å². The Morgan fingerprint density at radius 3 is 2.31 bits per heavy atom. The summed E-state index contributed by atoms with van der Waals surface area (Å²) in [5.74, 6) is 1.01. The van der Waals surface area contributed by atoms with Crippen LogP contribution in [-0.4, -0.2) is 20.2 Å². The molecule has 0 heterocycles.